The van der Waals surface area contributed by atoms with Crippen LogP contribution in [0.1, 0.15) is 55.4 Å². The lowest BCUT2D eigenvalue weighted by Gasteiger charge is -2.32. The van der Waals surface area contributed by atoms with E-state index in [2.05, 4.69) is 58.1 Å². The summed E-state index contributed by atoms with van der Waals surface area (Å²) in [6, 6.07) is 0.423. The molecule has 0 bridgehead atoms. The molecule has 156 valence electrons. The number of rotatable bonds is 13. The third-order valence-electron chi connectivity index (χ3n) is 4.39. The van der Waals surface area contributed by atoms with Gasteiger partial charge in [0.1, 0.15) is 14.1 Å². The summed E-state index contributed by atoms with van der Waals surface area (Å²) in [6.45, 7) is 21.6. The van der Waals surface area contributed by atoms with Crippen molar-refractivity contribution in [3.63, 3.8) is 0 Å². The lowest BCUT2D eigenvalue weighted by Crippen LogP contribution is -2.36. The highest BCUT2D eigenvalue weighted by molar-refractivity contribution is 7.63. The summed E-state index contributed by atoms with van der Waals surface area (Å²) in [6.07, 6.45) is 4.19. The SMILES string of the molecule is C=P(C)(OCC(CNC(=O)C(C)C)C(C)C)OCN(CC(C)C)C(C)C. The van der Waals surface area contributed by atoms with Gasteiger partial charge in [-0.2, -0.15) is 0 Å². The highest BCUT2D eigenvalue weighted by atomic mass is 31.2. The molecule has 2 unspecified atom stereocenters. The molecular weight excluding hydrogens is 347 g/mol. The molecule has 1 N–H and O–H groups in total. The Bertz CT molecular complexity index is 450. The van der Waals surface area contributed by atoms with Crippen molar-refractivity contribution >= 4 is 19.5 Å². The Hall–Kier alpha value is -0.350. The van der Waals surface area contributed by atoms with Crippen LogP contribution in [0.5, 0.6) is 0 Å². The zero-order valence-corrected chi connectivity index (χ0v) is 19.4. The fourth-order valence-corrected chi connectivity index (χ4v) is 3.27. The average molecular weight is 391 g/mol. The molecule has 0 spiro atoms. The lowest BCUT2D eigenvalue weighted by molar-refractivity contribution is -0.124. The standard InChI is InChI=1S/C20H43N2O3P/c1-15(2)12-22(18(7)8)14-25-26(9,10)24-13-19(16(3)4)11-21-20(23)17(5)6/h15-19H,9,11-14H2,1-8,10H3,(H,21,23). The lowest BCUT2D eigenvalue weighted by atomic mass is 9.96. The molecule has 0 aliphatic carbocycles. The zero-order valence-electron chi connectivity index (χ0n) is 18.5. The third-order valence-corrected chi connectivity index (χ3v) is 5.75. The maximum Gasteiger partial charge on any atom is 0.222 e. The number of hydrogen-bond donors (Lipinski definition) is 1. The fourth-order valence-electron chi connectivity index (χ4n) is 2.29. The van der Waals surface area contributed by atoms with Crippen molar-refractivity contribution < 1.29 is 13.8 Å². The van der Waals surface area contributed by atoms with Crippen molar-refractivity contribution in [1.29, 1.82) is 0 Å². The quantitative estimate of drug-likeness (QED) is 0.376. The van der Waals surface area contributed by atoms with Crippen molar-refractivity contribution in [2.75, 3.05) is 33.1 Å². The van der Waals surface area contributed by atoms with Crippen molar-refractivity contribution in [2.24, 2.45) is 23.7 Å². The normalized spacial score (nSPS) is 15.9. The Balaban J connectivity index is 4.56. The van der Waals surface area contributed by atoms with Crippen LogP contribution in [0.4, 0.5) is 0 Å². The maximum absolute atomic E-state index is 11.8. The minimum absolute atomic E-state index is 0.000598. The van der Waals surface area contributed by atoms with E-state index in [-0.39, 0.29) is 17.7 Å². The molecule has 0 aromatic rings. The van der Waals surface area contributed by atoms with Crippen LogP contribution in [-0.2, 0) is 13.8 Å². The largest absolute Gasteiger partial charge is 0.356 e. The maximum atomic E-state index is 11.8. The van der Waals surface area contributed by atoms with E-state index in [1.54, 1.807) is 0 Å². The van der Waals surface area contributed by atoms with Gasteiger partial charge in [0, 0.05) is 37.6 Å². The van der Waals surface area contributed by atoms with Gasteiger partial charge in [-0.15, -0.1) is 0 Å². The molecule has 0 rings (SSSR count). The average Bonchev–Trinajstić information content (AvgIpc) is 2.49. The first-order valence-electron chi connectivity index (χ1n) is 9.87. The number of hydrogen-bond acceptors (Lipinski definition) is 4. The summed E-state index contributed by atoms with van der Waals surface area (Å²) >= 11 is 0. The molecule has 1 amide bonds. The number of amides is 1. The zero-order chi connectivity index (χ0) is 20.5. The van der Waals surface area contributed by atoms with Crippen LogP contribution in [0.2, 0.25) is 0 Å². The summed E-state index contributed by atoms with van der Waals surface area (Å²) in [4.78, 5) is 14.1. The van der Waals surface area contributed by atoms with E-state index in [0.717, 1.165) is 6.54 Å². The minimum Gasteiger partial charge on any atom is -0.356 e. The van der Waals surface area contributed by atoms with Gasteiger partial charge < -0.3 is 14.4 Å². The van der Waals surface area contributed by atoms with Crippen molar-refractivity contribution in [3.8, 4) is 0 Å². The van der Waals surface area contributed by atoms with E-state index < -0.39 is 7.34 Å². The molecule has 0 aliphatic heterocycles. The summed E-state index contributed by atoms with van der Waals surface area (Å²) in [5.41, 5.74) is 0. The van der Waals surface area contributed by atoms with Gasteiger partial charge in [0.15, 0.2) is 0 Å². The predicted molar refractivity (Wildman–Crippen MR) is 115 cm³/mol. The van der Waals surface area contributed by atoms with Crippen LogP contribution in [0.25, 0.3) is 0 Å². The van der Waals surface area contributed by atoms with E-state index in [1.165, 1.54) is 0 Å². The van der Waals surface area contributed by atoms with Crippen molar-refractivity contribution in [3.05, 3.63) is 0 Å². The monoisotopic (exact) mass is 390 g/mol. The van der Waals surface area contributed by atoms with Gasteiger partial charge in [0.05, 0.1) is 6.61 Å². The molecular formula is C20H43N2O3P. The molecule has 2 atom stereocenters. The summed E-state index contributed by atoms with van der Waals surface area (Å²) in [5, 5.41) is 3.01. The van der Waals surface area contributed by atoms with Gasteiger partial charge in [0.25, 0.3) is 0 Å². The van der Waals surface area contributed by atoms with Gasteiger partial charge in [-0.05, 0) is 25.7 Å². The number of carbonyl (C=O) groups is 1. The Labute approximate surface area is 162 Å². The highest BCUT2D eigenvalue weighted by Gasteiger charge is 2.20. The van der Waals surface area contributed by atoms with Gasteiger partial charge >= 0.3 is 0 Å². The first kappa shape index (κ1) is 25.6. The molecule has 6 heteroatoms. The molecule has 26 heavy (non-hydrogen) atoms. The van der Waals surface area contributed by atoms with Crippen LogP contribution in [0.3, 0.4) is 0 Å². The molecule has 0 aromatic heterocycles. The second-order valence-corrected chi connectivity index (χ2v) is 11.3. The smallest absolute Gasteiger partial charge is 0.222 e. The Morgan fingerprint density at radius 2 is 1.65 bits per heavy atom. The van der Waals surface area contributed by atoms with Crippen LogP contribution in [0, 0.1) is 23.7 Å². The van der Waals surface area contributed by atoms with Gasteiger partial charge in [-0.1, -0.05) is 47.8 Å². The van der Waals surface area contributed by atoms with Gasteiger partial charge in [-0.25, -0.2) is 0 Å². The third kappa shape index (κ3) is 11.4. The fraction of sp³-hybridized carbons (Fsp3) is 0.900. The number of carbonyl (C=O) groups excluding carboxylic acids is 1. The van der Waals surface area contributed by atoms with Crippen molar-refractivity contribution in [2.45, 2.75) is 61.4 Å². The second-order valence-electron chi connectivity index (χ2n) is 8.73. The first-order valence-corrected chi connectivity index (χ1v) is 12.1. The van der Waals surface area contributed by atoms with E-state index in [9.17, 15) is 4.79 Å². The predicted octanol–water partition coefficient (Wildman–Crippen LogP) is 4.30. The first-order chi connectivity index (χ1) is 11.9. The Kier molecular flexibility index (Phi) is 12.0. The van der Waals surface area contributed by atoms with Crippen LogP contribution >= 0.6 is 7.34 Å². The Morgan fingerprint density at radius 3 is 2.08 bits per heavy atom. The summed E-state index contributed by atoms with van der Waals surface area (Å²) in [7, 11) is -2.14. The van der Waals surface area contributed by atoms with E-state index in [1.807, 2.05) is 20.5 Å². The van der Waals surface area contributed by atoms with Gasteiger partial charge in [0.2, 0.25) is 5.91 Å². The molecule has 0 fully saturated rings. The van der Waals surface area contributed by atoms with E-state index >= 15 is 0 Å². The van der Waals surface area contributed by atoms with Gasteiger partial charge in [-0.3, -0.25) is 9.69 Å². The molecule has 0 radical (unpaired) electrons. The summed E-state index contributed by atoms with van der Waals surface area (Å²) < 4.78 is 12.1. The topological polar surface area (TPSA) is 50.8 Å². The summed E-state index contributed by atoms with van der Waals surface area (Å²) in [5.74, 6) is 1.34. The second kappa shape index (κ2) is 12.2. The van der Waals surface area contributed by atoms with Crippen molar-refractivity contribution in [1.82, 2.24) is 10.2 Å². The van der Waals surface area contributed by atoms with E-state index in [4.69, 9.17) is 9.05 Å². The van der Waals surface area contributed by atoms with Crippen LogP contribution in [-0.4, -0.2) is 56.2 Å². The van der Waals surface area contributed by atoms with E-state index in [0.29, 0.717) is 37.8 Å². The Morgan fingerprint density at radius 1 is 1.08 bits per heavy atom. The molecule has 0 heterocycles. The minimum atomic E-state index is -2.14. The van der Waals surface area contributed by atoms with Crippen LogP contribution < -0.4 is 5.32 Å². The molecule has 0 aromatic carbocycles. The number of nitrogens with one attached hydrogen (secondary N) is 1. The molecule has 5 nitrogen and oxygen atoms in total. The van der Waals surface area contributed by atoms with Crippen LogP contribution in [0.15, 0.2) is 0 Å². The molecule has 0 saturated heterocycles. The molecule has 0 saturated carbocycles. The highest BCUT2D eigenvalue weighted by Crippen LogP contribution is 2.44. The molecule has 0 aliphatic rings. The number of nitrogens with zero attached hydrogens (tertiary/aromatic N) is 1.